The van der Waals surface area contributed by atoms with Crippen LogP contribution in [0.25, 0.3) is 0 Å². The lowest BCUT2D eigenvalue weighted by Gasteiger charge is -2.59. The van der Waals surface area contributed by atoms with Gasteiger partial charge in [-0.1, -0.05) is 32.9 Å². The molecule has 1 aromatic carbocycles. The second kappa shape index (κ2) is 4.87. The number of benzene rings is 1. The first kappa shape index (κ1) is 15.6. The average molecular weight is 305 g/mol. The molecule has 122 valence electrons. The third-order valence-corrected chi connectivity index (χ3v) is 6.11. The molecule has 2 heterocycles. The fourth-order valence-electron chi connectivity index (χ4n) is 4.02. The van der Waals surface area contributed by atoms with E-state index in [-0.39, 0.29) is 11.5 Å². The predicted molar refractivity (Wildman–Crippen MR) is 85.2 cm³/mol. The number of hydrogen-bond acceptors (Lipinski definition) is 4. The molecule has 1 saturated heterocycles. The van der Waals surface area contributed by atoms with Crippen LogP contribution >= 0.6 is 0 Å². The van der Waals surface area contributed by atoms with Crippen molar-refractivity contribution in [3.8, 4) is 11.5 Å². The Labute approximate surface area is 133 Å². The number of hydrogen-bond donors (Lipinski definition) is 1. The highest BCUT2D eigenvalue weighted by atomic mass is 16.7. The number of ether oxygens (including phenoxy) is 2. The van der Waals surface area contributed by atoms with Gasteiger partial charge in [0, 0.05) is 6.42 Å². The van der Waals surface area contributed by atoms with Gasteiger partial charge in [-0.25, -0.2) is 0 Å². The van der Waals surface area contributed by atoms with Gasteiger partial charge in [0.15, 0.2) is 11.5 Å². The van der Waals surface area contributed by atoms with E-state index >= 15 is 0 Å². The second-order valence-electron chi connectivity index (χ2n) is 7.23. The van der Waals surface area contributed by atoms with Crippen molar-refractivity contribution in [2.24, 2.45) is 5.92 Å². The molecule has 1 N–H and O–H groups in total. The number of nitrogens with zero attached hydrogens (tertiary/aromatic N) is 1. The molecule has 1 fully saturated rings. The molecule has 2 aliphatic heterocycles. The monoisotopic (exact) mass is 305 g/mol. The van der Waals surface area contributed by atoms with E-state index in [0.717, 1.165) is 24.3 Å². The number of hydroxylamine groups is 2. The van der Waals surface area contributed by atoms with Crippen LogP contribution in [0.5, 0.6) is 11.5 Å². The van der Waals surface area contributed by atoms with E-state index in [1.807, 2.05) is 24.3 Å². The number of rotatable bonds is 2. The lowest BCUT2D eigenvalue weighted by molar-refractivity contribution is -0.330. The minimum absolute atomic E-state index is 0.0297. The quantitative estimate of drug-likeness (QED) is 0.888. The maximum atomic E-state index is 10.9. The van der Waals surface area contributed by atoms with Crippen LogP contribution in [0, 0.1) is 5.92 Å². The summed E-state index contributed by atoms with van der Waals surface area (Å²) in [5.74, 6) is 0.927. The van der Waals surface area contributed by atoms with E-state index in [4.69, 9.17) is 9.47 Å². The van der Waals surface area contributed by atoms with Gasteiger partial charge in [0.1, 0.15) is 0 Å². The summed E-state index contributed by atoms with van der Waals surface area (Å²) in [5, 5.41) is 12.5. The van der Waals surface area contributed by atoms with E-state index in [2.05, 4.69) is 34.6 Å². The van der Waals surface area contributed by atoms with Gasteiger partial charge < -0.3 is 14.7 Å². The summed E-state index contributed by atoms with van der Waals surface area (Å²) in [7, 11) is 0. The highest BCUT2D eigenvalue weighted by molar-refractivity contribution is 5.43. The van der Waals surface area contributed by atoms with Crippen molar-refractivity contribution in [1.82, 2.24) is 5.06 Å². The van der Waals surface area contributed by atoms with Crippen LogP contribution in [0.3, 0.4) is 0 Å². The molecule has 0 saturated carbocycles. The van der Waals surface area contributed by atoms with Crippen LogP contribution in [0.2, 0.25) is 0 Å². The third kappa shape index (κ3) is 1.90. The summed E-state index contributed by atoms with van der Waals surface area (Å²) in [6.45, 7) is 10.5. The fraction of sp³-hybridized carbons (Fsp3) is 0.667. The van der Waals surface area contributed by atoms with Crippen LogP contribution in [0.1, 0.15) is 53.9 Å². The van der Waals surface area contributed by atoms with E-state index in [1.54, 1.807) is 5.06 Å². The Morgan fingerprint density at radius 3 is 2.14 bits per heavy atom. The van der Waals surface area contributed by atoms with Gasteiger partial charge in [-0.05, 0) is 38.8 Å². The first-order chi connectivity index (χ1) is 10.3. The normalized spacial score (nSPS) is 36.7. The maximum Gasteiger partial charge on any atom is 0.257 e. The van der Waals surface area contributed by atoms with Gasteiger partial charge in [-0.2, -0.15) is 5.06 Å². The standard InChI is InChI=1S/C18H27NO3/c1-6-16(4)12-18(13(3)17(5,7-2)19(16)20)21-14-10-8-9-11-15(14)22-18/h8-11,13,20H,6-7,12H2,1-5H3. The number of para-hydroxylation sites is 2. The molecule has 0 aromatic heterocycles. The number of fused-ring (bicyclic) bond motifs is 1. The minimum Gasteiger partial charge on any atom is -0.448 e. The lowest BCUT2D eigenvalue weighted by atomic mass is 9.67. The summed E-state index contributed by atoms with van der Waals surface area (Å²) >= 11 is 0. The Hall–Kier alpha value is -1.26. The van der Waals surface area contributed by atoms with Crippen molar-refractivity contribution in [1.29, 1.82) is 0 Å². The predicted octanol–water partition coefficient (Wildman–Crippen LogP) is 4.22. The molecule has 3 unspecified atom stereocenters. The van der Waals surface area contributed by atoms with Gasteiger partial charge in [0.2, 0.25) is 0 Å². The molecule has 1 aromatic rings. The molecule has 1 spiro atoms. The topological polar surface area (TPSA) is 41.9 Å². The zero-order valence-electron chi connectivity index (χ0n) is 14.2. The summed E-state index contributed by atoms with van der Waals surface area (Å²) in [6, 6.07) is 7.83. The van der Waals surface area contributed by atoms with E-state index in [1.165, 1.54) is 0 Å². The van der Waals surface area contributed by atoms with Crippen molar-refractivity contribution in [2.75, 3.05) is 0 Å². The first-order valence-corrected chi connectivity index (χ1v) is 8.27. The van der Waals surface area contributed by atoms with Crippen LogP contribution < -0.4 is 9.47 Å². The Bertz CT molecular complexity index is 550. The molecule has 4 nitrogen and oxygen atoms in total. The highest BCUT2D eigenvalue weighted by Crippen LogP contribution is 2.55. The molecule has 2 aliphatic rings. The maximum absolute atomic E-state index is 10.9. The van der Waals surface area contributed by atoms with Crippen LogP contribution in [0.4, 0.5) is 0 Å². The van der Waals surface area contributed by atoms with E-state index in [0.29, 0.717) is 6.42 Å². The van der Waals surface area contributed by atoms with Gasteiger partial charge >= 0.3 is 0 Å². The summed E-state index contributed by atoms with van der Waals surface area (Å²) < 4.78 is 12.7. The molecular weight excluding hydrogens is 278 g/mol. The summed E-state index contributed by atoms with van der Waals surface area (Å²) in [6.07, 6.45) is 2.29. The highest BCUT2D eigenvalue weighted by Gasteiger charge is 2.64. The Morgan fingerprint density at radius 1 is 1.14 bits per heavy atom. The smallest absolute Gasteiger partial charge is 0.257 e. The van der Waals surface area contributed by atoms with Crippen molar-refractivity contribution in [2.45, 2.75) is 70.7 Å². The van der Waals surface area contributed by atoms with Gasteiger partial charge in [-0.15, -0.1) is 0 Å². The van der Waals surface area contributed by atoms with Crippen LogP contribution in [-0.2, 0) is 0 Å². The lowest BCUT2D eigenvalue weighted by Crippen LogP contribution is -2.72. The van der Waals surface area contributed by atoms with Crippen LogP contribution in [-0.4, -0.2) is 27.1 Å². The largest absolute Gasteiger partial charge is 0.448 e. The van der Waals surface area contributed by atoms with Crippen molar-refractivity contribution in [3.05, 3.63) is 24.3 Å². The molecule has 22 heavy (non-hydrogen) atoms. The summed E-state index contributed by atoms with van der Waals surface area (Å²) in [4.78, 5) is 0. The Morgan fingerprint density at radius 2 is 1.68 bits per heavy atom. The van der Waals surface area contributed by atoms with Crippen molar-refractivity contribution < 1.29 is 14.7 Å². The average Bonchev–Trinajstić information content (AvgIpc) is 2.90. The zero-order valence-corrected chi connectivity index (χ0v) is 14.2. The molecule has 0 radical (unpaired) electrons. The summed E-state index contributed by atoms with van der Waals surface area (Å²) in [5.41, 5.74) is -0.773. The zero-order chi connectivity index (χ0) is 16.2. The first-order valence-electron chi connectivity index (χ1n) is 8.27. The van der Waals surface area contributed by atoms with Gasteiger partial charge in [-0.3, -0.25) is 0 Å². The molecule has 0 aliphatic carbocycles. The SMILES string of the molecule is CCC1(C)CC2(Oc3ccccc3O2)C(C)C(C)(CC)N1O. The Kier molecular flexibility index (Phi) is 3.46. The minimum atomic E-state index is -0.710. The molecule has 3 atom stereocenters. The van der Waals surface area contributed by atoms with Crippen LogP contribution in [0.15, 0.2) is 24.3 Å². The second-order valence-corrected chi connectivity index (χ2v) is 7.23. The molecule has 4 heteroatoms. The van der Waals surface area contributed by atoms with Gasteiger partial charge in [0.05, 0.1) is 17.0 Å². The third-order valence-electron chi connectivity index (χ3n) is 6.11. The number of piperidine rings is 1. The van der Waals surface area contributed by atoms with E-state index < -0.39 is 11.3 Å². The fourth-order valence-corrected chi connectivity index (χ4v) is 4.02. The molecular formula is C18H27NO3. The molecule has 3 rings (SSSR count). The Balaban J connectivity index is 2.06. The molecule has 0 bridgehead atoms. The van der Waals surface area contributed by atoms with E-state index in [9.17, 15) is 5.21 Å². The van der Waals surface area contributed by atoms with Crippen molar-refractivity contribution >= 4 is 0 Å². The molecule has 0 amide bonds. The van der Waals surface area contributed by atoms with Crippen molar-refractivity contribution in [3.63, 3.8) is 0 Å². The van der Waals surface area contributed by atoms with Gasteiger partial charge in [0.25, 0.3) is 5.79 Å².